The maximum absolute atomic E-state index is 11.7. The summed E-state index contributed by atoms with van der Waals surface area (Å²) in [6, 6.07) is 5.64. The van der Waals surface area contributed by atoms with Crippen LogP contribution in [0.2, 0.25) is 0 Å². The number of ether oxygens (including phenoxy) is 1. The van der Waals surface area contributed by atoms with Crippen molar-refractivity contribution in [2.75, 3.05) is 12.4 Å². The molecule has 0 aromatic carbocycles. The largest absolute Gasteiger partial charge is 0.482 e. The molecule has 0 saturated heterocycles. The molecule has 0 fully saturated rings. The molecule has 0 spiro atoms. The smallest absolute Gasteiger partial charge is 0.269 e. The lowest BCUT2D eigenvalue weighted by atomic mass is 10.1. The van der Waals surface area contributed by atoms with Crippen molar-refractivity contribution in [1.82, 2.24) is 20.3 Å². The number of amides is 1. The van der Waals surface area contributed by atoms with E-state index in [1.165, 1.54) is 0 Å². The van der Waals surface area contributed by atoms with Crippen molar-refractivity contribution < 1.29 is 9.53 Å². The first-order valence-corrected chi connectivity index (χ1v) is 10.5. The molecule has 7 nitrogen and oxygen atoms in total. The molecule has 2 aromatic heterocycles. The number of rotatable bonds is 10. The minimum atomic E-state index is -0.222. The monoisotopic (exact) mass is 417 g/mol. The number of carbonyl (C=O) groups is 1. The maximum atomic E-state index is 11.7. The predicted octanol–water partition coefficient (Wildman–Crippen LogP) is 5.16. The summed E-state index contributed by atoms with van der Waals surface area (Å²) in [4.78, 5) is 24.8. The zero-order valence-electron chi connectivity index (χ0n) is 18.6. The second-order valence-electron chi connectivity index (χ2n) is 6.43. The van der Waals surface area contributed by atoms with Gasteiger partial charge in [-0.05, 0) is 31.9 Å². The molecule has 0 aliphatic rings. The van der Waals surface area contributed by atoms with Gasteiger partial charge in [0.2, 0.25) is 0 Å². The number of hydrogen-bond donors (Lipinski definition) is 2. The van der Waals surface area contributed by atoms with Gasteiger partial charge in [0.05, 0.1) is 11.9 Å². The van der Waals surface area contributed by atoms with Gasteiger partial charge < -0.3 is 15.4 Å². The zero-order valence-corrected chi connectivity index (χ0v) is 18.6. The Morgan fingerprint density at radius 2 is 1.80 bits per heavy atom. The molecule has 0 unspecified atom stereocenters. The van der Waals surface area contributed by atoms with Crippen molar-refractivity contribution in [2.24, 2.45) is 0 Å². The summed E-state index contributed by atoms with van der Waals surface area (Å²) in [6.07, 6.45) is 6.04. The van der Waals surface area contributed by atoms with E-state index in [1.807, 2.05) is 26.8 Å². The van der Waals surface area contributed by atoms with Gasteiger partial charge in [0.15, 0.2) is 11.6 Å². The summed E-state index contributed by atoms with van der Waals surface area (Å²) < 4.78 is 5.92. The number of nitrogens with one attached hydrogen (secondary N) is 2. The average Bonchev–Trinajstić information content (AvgIpc) is 2.74. The lowest BCUT2D eigenvalue weighted by Gasteiger charge is -2.20. The second-order valence-corrected chi connectivity index (χ2v) is 6.43. The van der Waals surface area contributed by atoms with Crippen molar-refractivity contribution in [1.29, 1.82) is 0 Å². The Labute approximate surface area is 182 Å². The van der Waals surface area contributed by atoms with Crippen molar-refractivity contribution in [3.8, 4) is 5.75 Å². The Bertz CT molecular complexity index is 746. The zero-order chi connectivity index (χ0) is 21.6. The van der Waals surface area contributed by atoms with Crippen molar-refractivity contribution >= 4 is 11.7 Å². The highest BCUT2D eigenvalue weighted by atomic mass is 16.5. The van der Waals surface area contributed by atoms with Crippen LogP contribution < -0.4 is 15.4 Å². The molecular weight excluding hydrogens is 378 g/mol. The molecule has 2 N–H and O–H groups in total. The van der Waals surface area contributed by atoms with Crippen LogP contribution in [0.25, 0.3) is 0 Å². The lowest BCUT2D eigenvalue weighted by molar-refractivity contribution is 0.0957. The van der Waals surface area contributed by atoms with Gasteiger partial charge in [-0.1, -0.05) is 54.0 Å². The Morgan fingerprint density at radius 1 is 1.13 bits per heavy atom. The fourth-order valence-corrected chi connectivity index (χ4v) is 2.81. The summed E-state index contributed by atoms with van der Waals surface area (Å²) in [7, 11) is 1.58. The molecule has 0 aliphatic heterocycles. The van der Waals surface area contributed by atoms with Crippen LogP contribution >= 0.6 is 0 Å². The maximum Gasteiger partial charge on any atom is 0.269 e. The molecule has 7 heteroatoms. The van der Waals surface area contributed by atoms with Crippen LogP contribution in [0.5, 0.6) is 5.75 Å². The van der Waals surface area contributed by atoms with Gasteiger partial charge in [-0.15, -0.1) is 0 Å². The van der Waals surface area contributed by atoms with Crippen LogP contribution in [0, 0.1) is 6.92 Å². The van der Waals surface area contributed by atoms with Gasteiger partial charge >= 0.3 is 0 Å². The highest BCUT2D eigenvalue weighted by Gasteiger charge is 2.14. The fourth-order valence-electron chi connectivity index (χ4n) is 2.81. The van der Waals surface area contributed by atoms with E-state index in [2.05, 4.69) is 39.4 Å². The lowest BCUT2D eigenvalue weighted by Crippen LogP contribution is -2.21. The standard InChI is InChI=1S/C20H29N5O2.C2H6.CH4/c1-5-8-15(9-6-2)25-19-18(12-22-14(3)23-19)27-13-16-10-7-11-17(24-16)20(26)21-4;1-2;/h7,10-12,15H,5-6,8-9,13H2,1-4H3,(H,21,26)(H,22,23,25);1-2H3;1H4. The van der Waals surface area contributed by atoms with Gasteiger partial charge in [-0.25, -0.2) is 15.0 Å². The van der Waals surface area contributed by atoms with Gasteiger partial charge in [0, 0.05) is 13.1 Å². The number of hydrogen-bond acceptors (Lipinski definition) is 6. The van der Waals surface area contributed by atoms with Crippen molar-refractivity contribution in [3.05, 3.63) is 41.6 Å². The summed E-state index contributed by atoms with van der Waals surface area (Å²) >= 11 is 0. The van der Waals surface area contributed by atoms with E-state index >= 15 is 0 Å². The Hall–Kier alpha value is -2.70. The van der Waals surface area contributed by atoms with Gasteiger partial charge in [-0.2, -0.15) is 0 Å². The Balaban J connectivity index is 0.00000272. The molecule has 0 bridgehead atoms. The van der Waals surface area contributed by atoms with E-state index < -0.39 is 0 Å². The van der Waals surface area contributed by atoms with E-state index in [-0.39, 0.29) is 19.9 Å². The molecular formula is C23H39N5O2. The first-order valence-electron chi connectivity index (χ1n) is 10.5. The summed E-state index contributed by atoms with van der Waals surface area (Å²) in [5.41, 5.74) is 1.03. The van der Waals surface area contributed by atoms with Crippen molar-refractivity contribution in [3.63, 3.8) is 0 Å². The molecule has 0 saturated carbocycles. The van der Waals surface area contributed by atoms with E-state index in [0.29, 0.717) is 34.8 Å². The molecule has 2 heterocycles. The van der Waals surface area contributed by atoms with E-state index in [4.69, 9.17) is 4.74 Å². The Morgan fingerprint density at radius 3 is 2.40 bits per heavy atom. The molecule has 0 radical (unpaired) electrons. The topological polar surface area (TPSA) is 89.0 Å². The normalized spacial score (nSPS) is 9.83. The third-order valence-electron chi connectivity index (χ3n) is 4.13. The second kappa shape index (κ2) is 15.2. The number of aryl methyl sites for hydroxylation is 1. The number of aromatic nitrogens is 3. The highest BCUT2D eigenvalue weighted by molar-refractivity contribution is 5.91. The minimum absolute atomic E-state index is 0. The molecule has 168 valence electrons. The first kappa shape index (κ1) is 27.3. The molecule has 2 rings (SSSR count). The van der Waals surface area contributed by atoms with Gasteiger partial charge in [-0.3, -0.25) is 4.79 Å². The van der Waals surface area contributed by atoms with Crippen LogP contribution in [0.3, 0.4) is 0 Å². The fraction of sp³-hybridized carbons (Fsp3) is 0.565. The van der Waals surface area contributed by atoms with E-state index in [9.17, 15) is 4.79 Å². The predicted molar refractivity (Wildman–Crippen MR) is 124 cm³/mol. The summed E-state index contributed by atoms with van der Waals surface area (Å²) in [6.45, 7) is 10.5. The van der Waals surface area contributed by atoms with Crippen molar-refractivity contribution in [2.45, 2.75) is 80.4 Å². The Kier molecular flexibility index (Phi) is 13.8. The molecule has 0 aliphatic carbocycles. The highest BCUT2D eigenvalue weighted by Crippen LogP contribution is 2.24. The third kappa shape index (κ3) is 8.76. The first-order chi connectivity index (χ1) is 14.1. The quantitative estimate of drug-likeness (QED) is 0.555. The van der Waals surface area contributed by atoms with Gasteiger partial charge in [0.1, 0.15) is 18.1 Å². The SMILES string of the molecule is C.CC.CCCC(CCC)Nc1nc(C)ncc1OCc1cccc(C(=O)NC)n1. The molecule has 30 heavy (non-hydrogen) atoms. The van der Waals surface area contributed by atoms with Crippen LogP contribution in [-0.2, 0) is 6.61 Å². The van der Waals surface area contributed by atoms with Crippen LogP contribution in [0.1, 0.15) is 82.8 Å². The number of nitrogens with zero attached hydrogens (tertiary/aromatic N) is 3. The van der Waals surface area contributed by atoms with Crippen LogP contribution in [0.4, 0.5) is 5.82 Å². The van der Waals surface area contributed by atoms with Crippen LogP contribution in [0.15, 0.2) is 24.4 Å². The van der Waals surface area contributed by atoms with Gasteiger partial charge in [0.25, 0.3) is 5.91 Å². The summed E-state index contributed by atoms with van der Waals surface area (Å²) in [5.74, 6) is 1.76. The van der Waals surface area contributed by atoms with E-state index in [0.717, 1.165) is 25.7 Å². The third-order valence-corrected chi connectivity index (χ3v) is 4.13. The average molecular weight is 418 g/mol. The van der Waals surface area contributed by atoms with Crippen LogP contribution in [-0.4, -0.2) is 33.9 Å². The molecule has 2 aromatic rings. The minimum Gasteiger partial charge on any atom is -0.482 e. The molecule has 1 amide bonds. The number of carbonyl (C=O) groups excluding carboxylic acids is 1. The molecule has 0 atom stereocenters. The van der Waals surface area contributed by atoms with E-state index in [1.54, 1.807) is 25.4 Å². The summed E-state index contributed by atoms with van der Waals surface area (Å²) in [5, 5.41) is 6.08. The number of pyridine rings is 1. The number of anilines is 1.